The number of para-hydroxylation sites is 1. The van der Waals surface area contributed by atoms with E-state index in [1.807, 2.05) is 11.0 Å². The van der Waals surface area contributed by atoms with Gasteiger partial charge in [0.2, 0.25) is 5.91 Å². The van der Waals surface area contributed by atoms with Crippen molar-refractivity contribution in [3.05, 3.63) is 94.6 Å². The highest BCUT2D eigenvalue weighted by Crippen LogP contribution is 2.32. The Kier molecular flexibility index (Phi) is 9.37. The highest BCUT2D eigenvalue weighted by molar-refractivity contribution is 5.95. The minimum atomic E-state index is -0.773. The molecule has 9 heteroatoms. The number of benzene rings is 3. The number of carbonyl (C=O) groups is 2. The molecule has 0 radical (unpaired) electrons. The Bertz CT molecular complexity index is 1390. The molecule has 5 rings (SSSR count). The lowest BCUT2D eigenvalue weighted by Crippen LogP contribution is -2.55. The van der Waals surface area contributed by atoms with Crippen molar-refractivity contribution in [3.8, 4) is 11.5 Å². The average Bonchev–Trinajstić information content (AvgIpc) is 3.83. The van der Waals surface area contributed by atoms with Crippen molar-refractivity contribution in [1.29, 1.82) is 0 Å². The molecule has 2 unspecified atom stereocenters. The number of piperidine rings is 1. The number of hydrogen-bond donors (Lipinski definition) is 2. The number of rotatable bonds is 11. The molecular formula is C33H37F2N3O4. The summed E-state index contributed by atoms with van der Waals surface area (Å²) in [5, 5.41) is 6.45. The van der Waals surface area contributed by atoms with Gasteiger partial charge in [-0.15, -0.1) is 0 Å². The summed E-state index contributed by atoms with van der Waals surface area (Å²) in [6.07, 6.45) is 2.68. The zero-order valence-corrected chi connectivity index (χ0v) is 24.0. The van der Waals surface area contributed by atoms with Crippen molar-refractivity contribution in [2.24, 2.45) is 5.92 Å². The van der Waals surface area contributed by atoms with Gasteiger partial charge in [0.15, 0.2) is 17.4 Å². The summed E-state index contributed by atoms with van der Waals surface area (Å²) in [6, 6.07) is 16.3. The number of ether oxygens (including phenoxy) is 2. The maximum absolute atomic E-state index is 13.9. The van der Waals surface area contributed by atoms with Crippen molar-refractivity contribution >= 4 is 11.8 Å². The van der Waals surface area contributed by atoms with Crippen molar-refractivity contribution < 1.29 is 27.8 Å². The number of amides is 2. The second-order valence-corrected chi connectivity index (χ2v) is 11.0. The zero-order valence-electron chi connectivity index (χ0n) is 24.0. The molecule has 1 aliphatic carbocycles. The maximum Gasteiger partial charge on any atom is 0.251 e. The molecule has 2 N–H and O–H groups in total. The smallest absolute Gasteiger partial charge is 0.251 e. The molecule has 2 amide bonds. The van der Waals surface area contributed by atoms with Gasteiger partial charge in [-0.25, -0.2) is 8.78 Å². The van der Waals surface area contributed by atoms with Crippen LogP contribution in [0.15, 0.2) is 60.7 Å². The zero-order chi connectivity index (χ0) is 29.6. The van der Waals surface area contributed by atoms with Crippen LogP contribution in [0.5, 0.6) is 11.5 Å². The summed E-state index contributed by atoms with van der Waals surface area (Å²) in [5.41, 5.74) is 4.03. The largest absolute Gasteiger partial charge is 0.490 e. The number of aryl methyl sites for hydroxylation is 1. The van der Waals surface area contributed by atoms with E-state index in [0.29, 0.717) is 30.8 Å². The van der Waals surface area contributed by atoms with Crippen LogP contribution in [-0.2, 0) is 11.3 Å². The monoisotopic (exact) mass is 577 g/mol. The van der Waals surface area contributed by atoms with Crippen molar-refractivity contribution in [3.63, 3.8) is 0 Å². The first kappa shape index (κ1) is 29.5. The number of nitrogens with one attached hydrogen (secondary N) is 2. The van der Waals surface area contributed by atoms with Crippen LogP contribution in [0.1, 0.15) is 46.3 Å². The second-order valence-electron chi connectivity index (χ2n) is 11.0. The average molecular weight is 578 g/mol. The molecule has 222 valence electrons. The molecule has 42 heavy (non-hydrogen) atoms. The van der Waals surface area contributed by atoms with Crippen LogP contribution < -0.4 is 20.1 Å². The molecule has 3 aromatic rings. The Balaban J connectivity index is 1.17. The Hall–Kier alpha value is -3.98. The fourth-order valence-corrected chi connectivity index (χ4v) is 5.32. The molecule has 2 atom stereocenters. The van der Waals surface area contributed by atoms with Gasteiger partial charge in [-0.2, -0.15) is 0 Å². The third kappa shape index (κ3) is 7.07. The number of nitrogens with zero attached hydrogens (tertiary/aromatic N) is 1. The van der Waals surface area contributed by atoms with Crippen LogP contribution in [0, 0.1) is 31.4 Å². The summed E-state index contributed by atoms with van der Waals surface area (Å²) in [6.45, 7) is 6.03. The van der Waals surface area contributed by atoms with E-state index in [9.17, 15) is 18.4 Å². The normalized spacial score (nSPS) is 18.3. The Morgan fingerprint density at radius 3 is 2.33 bits per heavy atom. The van der Waals surface area contributed by atoms with Gasteiger partial charge in [0.1, 0.15) is 19.0 Å². The topological polar surface area (TPSA) is 79.9 Å². The Labute approximate surface area is 245 Å². The van der Waals surface area contributed by atoms with Crippen LogP contribution in [-0.4, -0.2) is 55.1 Å². The first-order chi connectivity index (χ1) is 20.3. The van der Waals surface area contributed by atoms with Gasteiger partial charge in [-0.3, -0.25) is 9.59 Å². The second kappa shape index (κ2) is 13.3. The van der Waals surface area contributed by atoms with E-state index in [-0.39, 0.29) is 43.0 Å². The van der Waals surface area contributed by atoms with Crippen molar-refractivity contribution in [1.82, 2.24) is 15.5 Å². The van der Waals surface area contributed by atoms with Crippen LogP contribution in [0.2, 0.25) is 0 Å². The van der Waals surface area contributed by atoms with Crippen LogP contribution in [0.25, 0.3) is 0 Å². The predicted octanol–water partition coefficient (Wildman–Crippen LogP) is 4.94. The van der Waals surface area contributed by atoms with Crippen molar-refractivity contribution in [2.45, 2.75) is 51.7 Å². The summed E-state index contributed by atoms with van der Waals surface area (Å²) in [7, 11) is 0. The van der Waals surface area contributed by atoms with Gasteiger partial charge >= 0.3 is 0 Å². The molecule has 0 bridgehead atoms. The molecular weight excluding hydrogens is 540 g/mol. The molecule has 1 saturated carbocycles. The van der Waals surface area contributed by atoms with E-state index >= 15 is 0 Å². The molecule has 1 aliphatic heterocycles. The fourth-order valence-electron chi connectivity index (χ4n) is 5.32. The molecule has 7 nitrogen and oxygen atoms in total. The van der Waals surface area contributed by atoms with E-state index < -0.39 is 17.4 Å². The Morgan fingerprint density at radius 1 is 0.929 bits per heavy atom. The van der Waals surface area contributed by atoms with Crippen LogP contribution >= 0.6 is 0 Å². The van der Waals surface area contributed by atoms with E-state index in [2.05, 4.69) is 36.6 Å². The molecule has 1 heterocycles. The highest BCUT2D eigenvalue weighted by atomic mass is 19.1. The molecule has 3 aromatic carbocycles. The lowest BCUT2D eigenvalue weighted by Gasteiger charge is -2.36. The SMILES string of the molecule is Cc1cccc(CN(C(=O)C2CNCCC2NC(=O)c2ccc(OCCOc3c(F)cccc3F)cc2)C2CC2)c1C. The quantitative estimate of drug-likeness (QED) is 0.316. The predicted molar refractivity (Wildman–Crippen MR) is 156 cm³/mol. The minimum absolute atomic E-state index is 0.0491. The van der Waals surface area contributed by atoms with E-state index in [4.69, 9.17) is 9.47 Å². The summed E-state index contributed by atoms with van der Waals surface area (Å²) < 4.78 is 38.1. The fraction of sp³-hybridized carbons (Fsp3) is 0.394. The van der Waals surface area contributed by atoms with E-state index in [1.165, 1.54) is 17.2 Å². The highest BCUT2D eigenvalue weighted by Gasteiger charge is 2.40. The number of carbonyl (C=O) groups excluding carboxylic acids is 2. The standard InChI is InChI=1S/C33H37F2N3O4/c1-21-5-3-6-24(22(21)2)20-38(25-11-12-25)33(40)27-19-36-16-15-30(27)37-32(39)23-9-13-26(14-10-23)41-17-18-42-31-28(34)7-4-8-29(31)35/h3-10,13-14,25,27,30,36H,11-12,15-20H2,1-2H3,(H,37,39). The van der Waals surface area contributed by atoms with Crippen molar-refractivity contribution in [2.75, 3.05) is 26.3 Å². The summed E-state index contributed by atoms with van der Waals surface area (Å²) in [5.74, 6) is -2.02. The number of hydrogen-bond acceptors (Lipinski definition) is 5. The molecule has 0 spiro atoms. The summed E-state index contributed by atoms with van der Waals surface area (Å²) in [4.78, 5) is 29.1. The summed E-state index contributed by atoms with van der Waals surface area (Å²) >= 11 is 0. The third-order valence-corrected chi connectivity index (χ3v) is 8.08. The lowest BCUT2D eigenvalue weighted by molar-refractivity contribution is -0.138. The molecule has 0 aromatic heterocycles. The Morgan fingerprint density at radius 2 is 1.62 bits per heavy atom. The van der Waals surface area contributed by atoms with Gasteiger partial charge in [-0.1, -0.05) is 24.3 Å². The number of halogens is 2. The van der Waals surface area contributed by atoms with Gasteiger partial charge in [0.25, 0.3) is 5.91 Å². The lowest BCUT2D eigenvalue weighted by atomic mass is 9.91. The van der Waals surface area contributed by atoms with Gasteiger partial charge in [-0.05, 0) is 92.7 Å². The van der Waals surface area contributed by atoms with Gasteiger partial charge in [0.05, 0.1) is 5.92 Å². The minimum Gasteiger partial charge on any atom is -0.490 e. The van der Waals surface area contributed by atoms with Gasteiger partial charge in [0, 0.05) is 30.7 Å². The van der Waals surface area contributed by atoms with E-state index in [1.54, 1.807) is 24.3 Å². The van der Waals surface area contributed by atoms with Crippen LogP contribution in [0.3, 0.4) is 0 Å². The van der Waals surface area contributed by atoms with Crippen LogP contribution in [0.4, 0.5) is 8.78 Å². The molecule has 2 fully saturated rings. The first-order valence-corrected chi connectivity index (χ1v) is 14.5. The maximum atomic E-state index is 13.9. The molecule has 1 saturated heterocycles. The molecule has 2 aliphatic rings. The van der Waals surface area contributed by atoms with E-state index in [0.717, 1.165) is 37.1 Å². The first-order valence-electron chi connectivity index (χ1n) is 14.5. The third-order valence-electron chi connectivity index (χ3n) is 8.08. The van der Waals surface area contributed by atoms with Gasteiger partial charge < -0.3 is 25.0 Å².